The molecule has 1 amide bonds. The lowest BCUT2D eigenvalue weighted by atomic mass is 10.2. The second kappa shape index (κ2) is 6.37. The highest BCUT2D eigenvalue weighted by atomic mass is 19.4. The lowest BCUT2D eigenvalue weighted by Crippen LogP contribution is -2.41. The van der Waals surface area contributed by atoms with Gasteiger partial charge in [-0.05, 0) is 19.1 Å². The smallest absolute Gasteiger partial charge is 0.382 e. The van der Waals surface area contributed by atoms with Crippen molar-refractivity contribution >= 4 is 5.91 Å². The van der Waals surface area contributed by atoms with Crippen molar-refractivity contribution in [2.45, 2.75) is 19.2 Å². The van der Waals surface area contributed by atoms with E-state index in [1.807, 2.05) is 0 Å². The molecule has 0 aliphatic carbocycles. The zero-order chi connectivity index (χ0) is 17.2. The van der Waals surface area contributed by atoms with E-state index >= 15 is 0 Å². The summed E-state index contributed by atoms with van der Waals surface area (Å²) in [7, 11) is 1.19. The molecule has 9 heteroatoms. The summed E-state index contributed by atoms with van der Waals surface area (Å²) in [6.07, 6.45) is -4.54. The Morgan fingerprint density at radius 1 is 1.43 bits per heavy atom. The van der Waals surface area contributed by atoms with E-state index in [-0.39, 0.29) is 5.56 Å². The van der Waals surface area contributed by atoms with Gasteiger partial charge < -0.3 is 10.0 Å². The molecule has 124 valence electrons. The summed E-state index contributed by atoms with van der Waals surface area (Å²) in [6, 6.07) is 5.16. The van der Waals surface area contributed by atoms with Crippen molar-refractivity contribution in [2.75, 3.05) is 13.6 Å². The van der Waals surface area contributed by atoms with Crippen LogP contribution in [0.2, 0.25) is 0 Å². The molecule has 0 aliphatic rings. The summed E-state index contributed by atoms with van der Waals surface area (Å²) < 4.78 is 38.5. The first-order valence-electron chi connectivity index (χ1n) is 6.68. The van der Waals surface area contributed by atoms with E-state index in [0.29, 0.717) is 11.5 Å². The maximum absolute atomic E-state index is 12.4. The lowest BCUT2D eigenvalue weighted by Gasteiger charge is -2.22. The Morgan fingerprint density at radius 2 is 2.13 bits per heavy atom. The molecule has 2 aromatic rings. The number of carbonyl (C=O) groups is 1. The number of pyridine rings is 1. The Hall–Kier alpha value is -2.42. The molecule has 0 aromatic carbocycles. The van der Waals surface area contributed by atoms with Gasteiger partial charge in [0.15, 0.2) is 11.9 Å². The summed E-state index contributed by atoms with van der Waals surface area (Å²) in [5.41, 5.74) is 0.592. The first-order chi connectivity index (χ1) is 10.7. The van der Waals surface area contributed by atoms with Gasteiger partial charge in [0.2, 0.25) is 0 Å². The first kappa shape index (κ1) is 16.9. The highest BCUT2D eigenvalue weighted by molar-refractivity contribution is 5.95. The highest BCUT2D eigenvalue weighted by Gasteiger charge is 2.39. The molecule has 0 fully saturated rings. The number of carbonyl (C=O) groups excluding carboxylic acids is 1. The number of hydrogen-bond acceptors (Lipinski definition) is 4. The summed E-state index contributed by atoms with van der Waals surface area (Å²) in [5.74, 6) is -0.171. The van der Waals surface area contributed by atoms with Gasteiger partial charge in [-0.3, -0.25) is 4.79 Å². The van der Waals surface area contributed by atoms with E-state index in [4.69, 9.17) is 5.11 Å². The van der Waals surface area contributed by atoms with E-state index in [2.05, 4.69) is 10.1 Å². The number of likely N-dealkylation sites (N-methyl/N-ethyl adjacent to an activating group) is 1. The molecule has 0 aliphatic heterocycles. The first-order valence-corrected chi connectivity index (χ1v) is 6.68. The molecule has 2 rings (SSSR count). The van der Waals surface area contributed by atoms with Gasteiger partial charge in [-0.15, -0.1) is 0 Å². The van der Waals surface area contributed by atoms with E-state index in [1.165, 1.54) is 17.9 Å². The van der Waals surface area contributed by atoms with Gasteiger partial charge in [-0.2, -0.15) is 18.3 Å². The Labute approximate surface area is 130 Å². The average Bonchev–Trinajstić information content (AvgIpc) is 2.88. The molecule has 2 heterocycles. The van der Waals surface area contributed by atoms with Crippen LogP contribution in [0.4, 0.5) is 13.2 Å². The zero-order valence-electron chi connectivity index (χ0n) is 12.4. The molecule has 6 nitrogen and oxygen atoms in total. The van der Waals surface area contributed by atoms with Crippen molar-refractivity contribution in [3.05, 3.63) is 41.9 Å². The standard InChI is InChI=1S/C14H15F3N4O2/c1-9-10(7-19-21(9)12-5-3-4-6-18-12)13(23)20(2)8-11(22)14(15,16)17/h3-7,11,22H,8H2,1-2H3. The maximum Gasteiger partial charge on any atom is 0.416 e. The van der Waals surface area contributed by atoms with Crippen LogP contribution in [0.3, 0.4) is 0 Å². The minimum Gasteiger partial charge on any atom is -0.382 e. The van der Waals surface area contributed by atoms with Crippen LogP contribution < -0.4 is 0 Å². The molecule has 0 saturated carbocycles. The Balaban J connectivity index is 2.19. The van der Waals surface area contributed by atoms with Crippen LogP contribution in [-0.4, -0.2) is 56.6 Å². The van der Waals surface area contributed by atoms with Crippen LogP contribution in [0.15, 0.2) is 30.6 Å². The second-order valence-electron chi connectivity index (χ2n) is 4.99. The third-order valence-electron chi connectivity index (χ3n) is 3.28. The molecule has 0 saturated heterocycles. The van der Waals surface area contributed by atoms with Crippen LogP contribution >= 0.6 is 0 Å². The van der Waals surface area contributed by atoms with Crippen molar-refractivity contribution in [1.29, 1.82) is 0 Å². The summed E-state index contributed by atoms with van der Waals surface area (Å²) >= 11 is 0. The Kier molecular flexibility index (Phi) is 4.69. The summed E-state index contributed by atoms with van der Waals surface area (Å²) in [6.45, 7) is 0.763. The largest absolute Gasteiger partial charge is 0.416 e. The predicted octanol–water partition coefficient (Wildman–Crippen LogP) is 1.57. The monoisotopic (exact) mass is 328 g/mol. The van der Waals surface area contributed by atoms with E-state index < -0.39 is 24.7 Å². The van der Waals surface area contributed by atoms with Crippen molar-refractivity contribution in [3.63, 3.8) is 0 Å². The van der Waals surface area contributed by atoms with E-state index in [1.54, 1.807) is 31.3 Å². The molecular weight excluding hydrogens is 313 g/mol. The van der Waals surface area contributed by atoms with Crippen molar-refractivity contribution in [2.24, 2.45) is 0 Å². The van der Waals surface area contributed by atoms with Gasteiger partial charge in [0.05, 0.1) is 24.0 Å². The number of aliphatic hydroxyl groups is 1. The summed E-state index contributed by atoms with van der Waals surface area (Å²) in [4.78, 5) is 17.2. The topological polar surface area (TPSA) is 71.2 Å². The minimum absolute atomic E-state index is 0.146. The molecule has 23 heavy (non-hydrogen) atoms. The SMILES string of the molecule is Cc1c(C(=O)N(C)CC(O)C(F)(F)F)cnn1-c1ccccn1. The number of aliphatic hydroxyl groups excluding tert-OH is 1. The molecule has 0 bridgehead atoms. The fourth-order valence-corrected chi connectivity index (χ4v) is 1.98. The highest BCUT2D eigenvalue weighted by Crippen LogP contribution is 2.21. The van der Waals surface area contributed by atoms with Crippen LogP contribution in [0, 0.1) is 6.92 Å². The van der Waals surface area contributed by atoms with Gasteiger partial charge in [0.25, 0.3) is 5.91 Å². The van der Waals surface area contributed by atoms with E-state index in [0.717, 1.165) is 4.90 Å². The van der Waals surface area contributed by atoms with Crippen LogP contribution in [0.5, 0.6) is 0 Å². The van der Waals surface area contributed by atoms with Crippen molar-refractivity contribution in [1.82, 2.24) is 19.7 Å². The van der Waals surface area contributed by atoms with E-state index in [9.17, 15) is 18.0 Å². The van der Waals surface area contributed by atoms with Gasteiger partial charge in [0, 0.05) is 13.2 Å². The number of hydrogen-bond donors (Lipinski definition) is 1. The maximum atomic E-state index is 12.4. The number of alkyl halides is 3. The fraction of sp³-hybridized carbons (Fsp3) is 0.357. The van der Waals surface area contributed by atoms with Crippen LogP contribution in [-0.2, 0) is 0 Å². The molecule has 1 unspecified atom stereocenters. The third-order valence-corrected chi connectivity index (χ3v) is 3.28. The van der Waals surface area contributed by atoms with Crippen molar-refractivity contribution < 1.29 is 23.1 Å². The van der Waals surface area contributed by atoms with Gasteiger partial charge >= 0.3 is 6.18 Å². The number of amides is 1. The molecule has 0 spiro atoms. The van der Waals surface area contributed by atoms with Gasteiger partial charge in [0.1, 0.15) is 0 Å². The molecule has 2 aromatic heterocycles. The lowest BCUT2D eigenvalue weighted by molar-refractivity contribution is -0.205. The quantitative estimate of drug-likeness (QED) is 0.925. The Morgan fingerprint density at radius 3 is 2.70 bits per heavy atom. The number of rotatable bonds is 4. The van der Waals surface area contributed by atoms with Gasteiger partial charge in [-0.25, -0.2) is 9.67 Å². The predicted molar refractivity (Wildman–Crippen MR) is 75.1 cm³/mol. The Bertz CT molecular complexity index is 685. The third kappa shape index (κ3) is 3.67. The second-order valence-corrected chi connectivity index (χ2v) is 4.99. The van der Waals surface area contributed by atoms with Crippen LogP contribution in [0.25, 0.3) is 5.82 Å². The molecule has 1 atom stereocenters. The van der Waals surface area contributed by atoms with Crippen molar-refractivity contribution in [3.8, 4) is 5.82 Å². The van der Waals surface area contributed by atoms with Gasteiger partial charge in [-0.1, -0.05) is 6.07 Å². The summed E-state index contributed by atoms with van der Waals surface area (Å²) in [5, 5.41) is 13.1. The zero-order valence-corrected chi connectivity index (χ0v) is 12.4. The fourth-order valence-electron chi connectivity index (χ4n) is 1.98. The normalized spacial score (nSPS) is 13.0. The molecular formula is C14H15F3N4O2. The average molecular weight is 328 g/mol. The minimum atomic E-state index is -4.78. The molecule has 1 N–H and O–H groups in total. The molecule has 0 radical (unpaired) electrons. The number of halogens is 3. The number of nitrogens with zero attached hydrogens (tertiary/aromatic N) is 4. The van der Waals surface area contributed by atoms with Crippen LogP contribution in [0.1, 0.15) is 16.1 Å². The number of aromatic nitrogens is 3.